The van der Waals surface area contributed by atoms with E-state index in [2.05, 4.69) is 11.2 Å². The molecule has 0 radical (unpaired) electrons. The van der Waals surface area contributed by atoms with Gasteiger partial charge in [-0.05, 0) is 6.42 Å². The van der Waals surface area contributed by atoms with Crippen LogP contribution in [0.4, 0.5) is 0 Å². The molecular formula is C4H13ClOSn. The molecule has 0 aromatic rings. The zero-order chi connectivity index (χ0) is 4.83. The van der Waals surface area contributed by atoms with Crippen LogP contribution in [0.25, 0.3) is 0 Å². The molecule has 3 heteroatoms. The van der Waals surface area contributed by atoms with Crippen LogP contribution in [0.1, 0.15) is 19.8 Å². The third-order valence-corrected chi connectivity index (χ3v) is 0.729. The summed E-state index contributed by atoms with van der Waals surface area (Å²) in [7, 11) is 0. The molecule has 0 aliphatic heterocycles. The Kier molecular flexibility index (Phi) is 15.8. The summed E-state index contributed by atoms with van der Waals surface area (Å²) in [5, 5.41) is 0. The van der Waals surface area contributed by atoms with Crippen LogP contribution in [0, 0.1) is 0 Å². The van der Waals surface area contributed by atoms with E-state index in [-0.39, 0.29) is 23.9 Å². The van der Waals surface area contributed by atoms with E-state index in [1.165, 1.54) is 0 Å². The van der Waals surface area contributed by atoms with E-state index in [1.54, 1.807) is 0 Å². The van der Waals surface area contributed by atoms with Gasteiger partial charge >= 0.3 is 23.9 Å². The molecule has 0 aliphatic carbocycles. The molecule has 0 N–H and O–H groups in total. The topological polar surface area (TPSA) is 9.23 Å². The van der Waals surface area contributed by atoms with Crippen molar-refractivity contribution in [2.45, 2.75) is 19.8 Å². The van der Waals surface area contributed by atoms with E-state index >= 15 is 0 Å². The molecule has 0 heterocycles. The van der Waals surface area contributed by atoms with Gasteiger partial charge in [0, 0.05) is 0 Å². The predicted molar refractivity (Wildman–Crippen MR) is 38.0 cm³/mol. The third-order valence-electron chi connectivity index (χ3n) is 0.575. The van der Waals surface area contributed by atoms with E-state index < -0.39 is 0 Å². The second-order valence-electron chi connectivity index (χ2n) is 1.17. The Hall–Kier alpha value is 1.05. The Bertz CT molecular complexity index is 23.7. The molecule has 0 spiro atoms. The van der Waals surface area contributed by atoms with Gasteiger partial charge in [0.1, 0.15) is 0 Å². The zero-order valence-corrected chi connectivity index (χ0v) is 4.66. The van der Waals surface area contributed by atoms with Crippen molar-refractivity contribution in [2.24, 2.45) is 0 Å². The van der Waals surface area contributed by atoms with Crippen LogP contribution in [0.3, 0.4) is 0 Å². The molecule has 0 saturated carbocycles. The van der Waals surface area contributed by atoms with Gasteiger partial charge in [0.05, 0.1) is 18.5 Å². The first-order chi connectivity index (χ1) is 2.91. The van der Waals surface area contributed by atoms with E-state index in [1.807, 2.05) is 0 Å². The van der Waals surface area contributed by atoms with Gasteiger partial charge in [0.15, 0.2) is 0 Å². The third kappa shape index (κ3) is 11.0. The maximum atomic E-state index is 4.88. The average Bonchev–Trinajstić information content (AvgIpc) is 1.61. The Morgan fingerprint density at radius 2 is 2.14 bits per heavy atom. The minimum absolute atomic E-state index is 0. The van der Waals surface area contributed by atoms with Crippen molar-refractivity contribution in [1.82, 2.24) is 0 Å². The molecule has 0 saturated heterocycles. The monoisotopic (exact) mass is 232 g/mol. The molecule has 0 bridgehead atoms. The summed E-state index contributed by atoms with van der Waals surface area (Å²) in [5.74, 6) is 0. The molecule has 0 rings (SSSR count). The van der Waals surface area contributed by atoms with E-state index in [9.17, 15) is 0 Å². The van der Waals surface area contributed by atoms with Gasteiger partial charge < -0.3 is 0 Å². The number of halogens is 1. The molecule has 0 aliphatic rings. The quantitative estimate of drug-likeness (QED) is 0.508. The van der Waals surface area contributed by atoms with E-state index in [0.29, 0.717) is 6.61 Å². The van der Waals surface area contributed by atoms with Crippen LogP contribution in [0.2, 0.25) is 0 Å². The fraction of sp³-hybridized carbons (Fsp3) is 1.00. The Labute approximate surface area is 66.5 Å². The van der Waals surface area contributed by atoms with Crippen molar-refractivity contribution in [1.29, 1.82) is 0 Å². The molecule has 46 valence electrons. The van der Waals surface area contributed by atoms with Gasteiger partial charge in [0.25, 0.3) is 0 Å². The normalized spacial score (nSPS) is 7.71. The fourth-order valence-electron chi connectivity index (χ4n) is 0.199. The van der Waals surface area contributed by atoms with Crippen LogP contribution in [0.15, 0.2) is 0 Å². The van der Waals surface area contributed by atoms with Crippen molar-refractivity contribution in [3.63, 3.8) is 0 Å². The zero-order valence-electron chi connectivity index (χ0n) is 3.91. The first-order valence-electron chi connectivity index (χ1n) is 2.15. The second-order valence-corrected chi connectivity index (χ2v) is 1.39. The van der Waals surface area contributed by atoms with Gasteiger partial charge in [-0.3, -0.25) is 4.29 Å². The average molecular weight is 231 g/mol. The maximum absolute atomic E-state index is 4.88. The molecule has 0 atom stereocenters. The van der Waals surface area contributed by atoms with Gasteiger partial charge in [-0.15, -0.1) is 0 Å². The summed E-state index contributed by atoms with van der Waals surface area (Å²) >= 11 is 4.88. The molecular weight excluding hydrogens is 218 g/mol. The number of rotatable bonds is 3. The summed E-state index contributed by atoms with van der Waals surface area (Å²) in [5.41, 5.74) is 0. The van der Waals surface area contributed by atoms with Crippen LogP contribution in [0.5, 0.6) is 0 Å². The van der Waals surface area contributed by atoms with E-state index in [0.717, 1.165) is 12.8 Å². The molecule has 0 fully saturated rings. The van der Waals surface area contributed by atoms with Crippen molar-refractivity contribution < 1.29 is 4.29 Å². The van der Waals surface area contributed by atoms with Gasteiger partial charge in [-0.25, -0.2) is 0 Å². The number of hydrogen-bond acceptors (Lipinski definition) is 1. The van der Waals surface area contributed by atoms with Gasteiger partial charge in [0.2, 0.25) is 0 Å². The van der Waals surface area contributed by atoms with Crippen molar-refractivity contribution >= 4 is 35.8 Å². The Morgan fingerprint density at radius 3 is 2.29 bits per heavy atom. The van der Waals surface area contributed by atoms with Crippen LogP contribution >= 0.6 is 11.9 Å². The number of unbranched alkanes of at least 4 members (excludes halogenated alkanes) is 1. The summed E-state index contributed by atoms with van der Waals surface area (Å²) < 4.78 is 4.25. The van der Waals surface area contributed by atoms with Crippen molar-refractivity contribution in [2.75, 3.05) is 6.61 Å². The first-order valence-corrected chi connectivity index (χ1v) is 2.46. The predicted octanol–water partition coefficient (Wildman–Crippen LogP) is 0.505. The number of hydrogen-bond donors (Lipinski definition) is 0. The molecule has 1 nitrogen and oxygen atoms in total. The summed E-state index contributed by atoms with van der Waals surface area (Å²) in [6.07, 6.45) is 2.20. The van der Waals surface area contributed by atoms with Gasteiger partial charge in [-0.1, -0.05) is 13.3 Å². The first kappa shape index (κ1) is 10.9. The van der Waals surface area contributed by atoms with Crippen LogP contribution in [-0.4, -0.2) is 30.5 Å². The van der Waals surface area contributed by atoms with Crippen LogP contribution in [-0.2, 0) is 4.29 Å². The molecule has 0 amide bonds. The van der Waals surface area contributed by atoms with E-state index in [4.69, 9.17) is 11.9 Å². The molecule has 0 aromatic carbocycles. The minimum atomic E-state index is 0. The molecule has 0 unspecified atom stereocenters. The SMILES string of the molecule is CCCCOCl.[SnH4]. The second kappa shape index (κ2) is 10.1. The summed E-state index contributed by atoms with van der Waals surface area (Å²) in [4.78, 5) is 0. The fourth-order valence-corrected chi connectivity index (χ4v) is 0.308. The summed E-state index contributed by atoms with van der Waals surface area (Å²) in [6, 6.07) is 0. The Morgan fingerprint density at radius 1 is 1.57 bits per heavy atom. The molecule has 0 aromatic heterocycles. The summed E-state index contributed by atoms with van der Waals surface area (Å²) in [6.45, 7) is 2.77. The standard InChI is InChI=1S/C4H9ClO.Sn.4H/c1-2-3-4-6-5;;;;;/h2-4H2,1H3;;;;;. The van der Waals surface area contributed by atoms with Crippen molar-refractivity contribution in [3.8, 4) is 0 Å². The van der Waals surface area contributed by atoms with Crippen molar-refractivity contribution in [3.05, 3.63) is 0 Å². The van der Waals surface area contributed by atoms with Crippen LogP contribution < -0.4 is 0 Å². The molecule has 7 heavy (non-hydrogen) atoms. The Balaban J connectivity index is 0. The van der Waals surface area contributed by atoms with Gasteiger partial charge in [-0.2, -0.15) is 0 Å².